The SMILES string of the molecule is COCCNS(=O)(=O)c1ccc(CNC(=O)c2ccc(F)c(F)c2F)cc1. The van der Waals surface area contributed by atoms with Crippen molar-refractivity contribution in [1.29, 1.82) is 0 Å². The van der Waals surface area contributed by atoms with Crippen LogP contribution >= 0.6 is 0 Å². The lowest BCUT2D eigenvalue weighted by atomic mass is 10.1. The Bertz CT molecular complexity index is 919. The zero-order valence-corrected chi connectivity index (χ0v) is 15.1. The average molecular weight is 402 g/mol. The van der Waals surface area contributed by atoms with E-state index in [1.54, 1.807) is 0 Å². The molecule has 0 fully saturated rings. The van der Waals surface area contributed by atoms with Crippen LogP contribution in [0.25, 0.3) is 0 Å². The summed E-state index contributed by atoms with van der Waals surface area (Å²) < 4.78 is 70.8. The highest BCUT2D eigenvalue weighted by molar-refractivity contribution is 7.89. The number of benzene rings is 2. The minimum Gasteiger partial charge on any atom is -0.383 e. The van der Waals surface area contributed by atoms with Gasteiger partial charge in [-0.3, -0.25) is 4.79 Å². The van der Waals surface area contributed by atoms with Crippen molar-refractivity contribution in [2.24, 2.45) is 0 Å². The van der Waals surface area contributed by atoms with Gasteiger partial charge in [-0.05, 0) is 29.8 Å². The van der Waals surface area contributed by atoms with Gasteiger partial charge in [0.25, 0.3) is 5.91 Å². The molecule has 0 saturated heterocycles. The Kier molecular flexibility index (Phi) is 6.94. The first-order valence-electron chi connectivity index (χ1n) is 7.75. The number of methoxy groups -OCH3 is 1. The Morgan fingerprint density at radius 3 is 2.33 bits per heavy atom. The number of hydrogen-bond acceptors (Lipinski definition) is 4. The second-order valence-corrected chi connectivity index (χ2v) is 7.21. The first-order chi connectivity index (χ1) is 12.8. The lowest BCUT2D eigenvalue weighted by molar-refractivity contribution is 0.0945. The average Bonchev–Trinajstić information content (AvgIpc) is 2.65. The number of hydrogen-bond donors (Lipinski definition) is 2. The highest BCUT2D eigenvalue weighted by Gasteiger charge is 2.18. The molecule has 2 aromatic rings. The molecule has 0 aliphatic heterocycles. The fourth-order valence-electron chi connectivity index (χ4n) is 2.13. The molecule has 0 heterocycles. The van der Waals surface area contributed by atoms with Crippen molar-refractivity contribution in [1.82, 2.24) is 10.0 Å². The molecule has 2 aromatic carbocycles. The van der Waals surface area contributed by atoms with Gasteiger partial charge < -0.3 is 10.1 Å². The van der Waals surface area contributed by atoms with Crippen LogP contribution in [0.4, 0.5) is 13.2 Å². The molecule has 0 radical (unpaired) electrons. The second-order valence-electron chi connectivity index (χ2n) is 5.44. The van der Waals surface area contributed by atoms with Gasteiger partial charge in [0, 0.05) is 20.2 Å². The fraction of sp³-hybridized carbons (Fsp3) is 0.235. The predicted molar refractivity (Wildman–Crippen MR) is 91.0 cm³/mol. The number of halogens is 3. The normalized spacial score (nSPS) is 11.4. The Labute approximate surface area is 154 Å². The molecule has 1 amide bonds. The van der Waals surface area contributed by atoms with Crippen LogP contribution < -0.4 is 10.0 Å². The minimum atomic E-state index is -3.68. The number of nitrogens with one attached hydrogen (secondary N) is 2. The molecule has 2 N–H and O–H groups in total. The molecule has 27 heavy (non-hydrogen) atoms. The first-order valence-corrected chi connectivity index (χ1v) is 9.24. The van der Waals surface area contributed by atoms with Crippen LogP contribution in [-0.4, -0.2) is 34.6 Å². The van der Waals surface area contributed by atoms with Gasteiger partial charge in [-0.1, -0.05) is 12.1 Å². The fourth-order valence-corrected chi connectivity index (χ4v) is 3.14. The number of rotatable bonds is 8. The molecule has 6 nitrogen and oxygen atoms in total. The Balaban J connectivity index is 2.01. The van der Waals surface area contributed by atoms with Gasteiger partial charge in [-0.15, -0.1) is 0 Å². The summed E-state index contributed by atoms with van der Waals surface area (Å²) in [7, 11) is -2.23. The van der Waals surface area contributed by atoms with Crippen LogP contribution in [0, 0.1) is 17.5 Å². The van der Waals surface area contributed by atoms with E-state index in [0.717, 1.165) is 6.07 Å². The molecule has 0 spiro atoms. The highest BCUT2D eigenvalue weighted by atomic mass is 32.2. The Morgan fingerprint density at radius 1 is 1.04 bits per heavy atom. The maximum atomic E-state index is 13.6. The smallest absolute Gasteiger partial charge is 0.254 e. The number of ether oxygens (including phenoxy) is 1. The third-order valence-electron chi connectivity index (χ3n) is 3.56. The van der Waals surface area contributed by atoms with Crippen LogP contribution in [0.15, 0.2) is 41.3 Å². The van der Waals surface area contributed by atoms with Gasteiger partial charge in [0.05, 0.1) is 17.1 Å². The summed E-state index contributed by atoms with van der Waals surface area (Å²) >= 11 is 0. The van der Waals surface area contributed by atoms with E-state index in [-0.39, 0.29) is 24.6 Å². The molecule has 0 saturated carbocycles. The molecule has 146 valence electrons. The third kappa shape index (κ3) is 5.28. The van der Waals surface area contributed by atoms with Crippen molar-refractivity contribution in [2.75, 3.05) is 20.3 Å². The molecule has 0 aliphatic carbocycles. The topological polar surface area (TPSA) is 84.5 Å². The summed E-state index contributed by atoms with van der Waals surface area (Å²) in [6.07, 6.45) is 0. The summed E-state index contributed by atoms with van der Waals surface area (Å²) in [4.78, 5) is 11.9. The zero-order valence-electron chi connectivity index (χ0n) is 14.3. The lowest BCUT2D eigenvalue weighted by Crippen LogP contribution is -2.27. The largest absolute Gasteiger partial charge is 0.383 e. The monoisotopic (exact) mass is 402 g/mol. The first kappa shape index (κ1) is 20.9. The van der Waals surface area contributed by atoms with Gasteiger partial charge >= 0.3 is 0 Å². The quantitative estimate of drug-likeness (QED) is 0.522. The second kappa shape index (κ2) is 8.98. The third-order valence-corrected chi connectivity index (χ3v) is 5.04. The molecular formula is C17H17F3N2O4S. The van der Waals surface area contributed by atoms with E-state index in [4.69, 9.17) is 4.74 Å². The summed E-state index contributed by atoms with van der Waals surface area (Å²) in [5.74, 6) is -5.61. The van der Waals surface area contributed by atoms with Gasteiger partial charge in [0.15, 0.2) is 17.5 Å². The van der Waals surface area contributed by atoms with Crippen LogP contribution in [0.2, 0.25) is 0 Å². The summed E-state index contributed by atoms with van der Waals surface area (Å²) in [6.45, 7) is 0.287. The molecule has 0 aromatic heterocycles. The Morgan fingerprint density at radius 2 is 1.70 bits per heavy atom. The van der Waals surface area contributed by atoms with Crippen LogP contribution in [0.5, 0.6) is 0 Å². The van der Waals surface area contributed by atoms with Crippen molar-refractivity contribution in [3.63, 3.8) is 0 Å². The van der Waals surface area contributed by atoms with E-state index >= 15 is 0 Å². The highest BCUT2D eigenvalue weighted by Crippen LogP contribution is 2.15. The van der Waals surface area contributed by atoms with Crippen molar-refractivity contribution < 1.29 is 31.1 Å². The van der Waals surface area contributed by atoms with E-state index in [2.05, 4.69) is 10.0 Å². The maximum absolute atomic E-state index is 13.6. The van der Waals surface area contributed by atoms with E-state index < -0.39 is 38.9 Å². The molecule has 0 unspecified atom stereocenters. The minimum absolute atomic E-state index is 0.0281. The maximum Gasteiger partial charge on any atom is 0.254 e. The van der Waals surface area contributed by atoms with Gasteiger partial charge in [-0.25, -0.2) is 26.3 Å². The van der Waals surface area contributed by atoms with Crippen molar-refractivity contribution in [2.45, 2.75) is 11.4 Å². The van der Waals surface area contributed by atoms with Gasteiger partial charge in [0.2, 0.25) is 10.0 Å². The predicted octanol–water partition coefficient (Wildman–Crippen LogP) is 1.96. The van der Waals surface area contributed by atoms with Gasteiger partial charge in [-0.2, -0.15) is 0 Å². The Hall–Kier alpha value is -2.43. The standard InChI is InChI=1S/C17H17F3N2O4S/c1-26-9-8-22-27(24,25)12-4-2-11(3-5-12)10-21-17(23)13-6-7-14(18)16(20)15(13)19/h2-7,22H,8-10H2,1H3,(H,21,23). The number of carbonyl (C=O) groups excluding carboxylic acids is 1. The molecule has 0 atom stereocenters. The van der Waals surface area contributed by atoms with Crippen LogP contribution in [0.1, 0.15) is 15.9 Å². The van der Waals surface area contributed by atoms with Crippen molar-refractivity contribution in [3.8, 4) is 0 Å². The number of carbonyl (C=O) groups is 1. The zero-order chi connectivity index (χ0) is 20.0. The molecule has 10 heteroatoms. The molecule has 2 rings (SSSR count). The summed E-state index contributed by atoms with van der Waals surface area (Å²) in [6, 6.07) is 7.11. The van der Waals surface area contributed by atoms with Crippen LogP contribution in [0.3, 0.4) is 0 Å². The van der Waals surface area contributed by atoms with Gasteiger partial charge in [0.1, 0.15) is 0 Å². The summed E-state index contributed by atoms with van der Waals surface area (Å²) in [5.41, 5.74) is -0.0994. The summed E-state index contributed by atoms with van der Waals surface area (Å²) in [5, 5.41) is 2.35. The van der Waals surface area contributed by atoms with E-state index in [1.807, 2.05) is 0 Å². The van der Waals surface area contributed by atoms with E-state index in [1.165, 1.54) is 31.4 Å². The molecule has 0 aliphatic rings. The van der Waals surface area contributed by atoms with Crippen LogP contribution in [-0.2, 0) is 21.3 Å². The number of amides is 1. The number of sulfonamides is 1. The lowest BCUT2D eigenvalue weighted by Gasteiger charge is -2.09. The van der Waals surface area contributed by atoms with Crippen molar-refractivity contribution in [3.05, 3.63) is 65.0 Å². The van der Waals surface area contributed by atoms with Crippen molar-refractivity contribution >= 4 is 15.9 Å². The molecule has 0 bridgehead atoms. The molecular weight excluding hydrogens is 385 g/mol. The van der Waals surface area contributed by atoms with E-state index in [0.29, 0.717) is 11.6 Å². The van der Waals surface area contributed by atoms with E-state index in [9.17, 15) is 26.4 Å².